The number of hydrogen-bond donors (Lipinski definition) is 0. The van der Waals surface area contributed by atoms with Crippen LogP contribution in [0.25, 0.3) is 0 Å². The third kappa shape index (κ3) is 4.97. The van der Waals surface area contributed by atoms with Crippen LogP contribution in [0, 0.1) is 0 Å². The van der Waals surface area contributed by atoms with Crippen LogP contribution in [0.4, 0.5) is 0 Å². The van der Waals surface area contributed by atoms with Crippen molar-refractivity contribution in [2.24, 2.45) is 0 Å². The van der Waals surface area contributed by atoms with Crippen molar-refractivity contribution in [2.45, 2.75) is 46.5 Å². The fourth-order valence-electron chi connectivity index (χ4n) is 2.27. The van der Waals surface area contributed by atoms with E-state index in [4.69, 9.17) is 9.47 Å². The number of allylic oxidation sites excluding steroid dienone is 3. The number of carbonyl (C=O) groups excluding carboxylic acids is 1. The molecule has 1 aliphatic rings. The van der Waals surface area contributed by atoms with Gasteiger partial charge in [-0.1, -0.05) is 30.6 Å². The predicted octanol–water partition coefficient (Wildman–Crippen LogP) is 3.96. The normalized spacial score (nSPS) is 18.0. The molecule has 1 aliphatic heterocycles. The molecule has 0 N–H and O–H groups in total. The number of unbranched alkanes of at least 4 members (excludes halogenated alkanes) is 1. The molecule has 0 saturated heterocycles. The molecule has 112 valence electrons. The van der Waals surface area contributed by atoms with E-state index in [0.29, 0.717) is 12.2 Å². The maximum Gasteiger partial charge on any atom is 0.338 e. The van der Waals surface area contributed by atoms with E-state index in [1.54, 1.807) is 0 Å². The van der Waals surface area contributed by atoms with E-state index in [9.17, 15) is 4.79 Å². The molecule has 0 atom stereocenters. The second-order valence-corrected chi connectivity index (χ2v) is 5.16. The van der Waals surface area contributed by atoms with Crippen molar-refractivity contribution >= 4 is 5.97 Å². The third-order valence-electron chi connectivity index (χ3n) is 3.49. The van der Waals surface area contributed by atoms with E-state index in [2.05, 4.69) is 19.9 Å². The molecule has 0 aromatic heterocycles. The van der Waals surface area contributed by atoms with Crippen LogP contribution in [-0.4, -0.2) is 26.3 Å². The Labute approximate surface area is 122 Å². The zero-order valence-electron chi connectivity index (χ0n) is 13.1. The maximum absolute atomic E-state index is 12.1. The van der Waals surface area contributed by atoms with Gasteiger partial charge in [0, 0.05) is 0 Å². The van der Waals surface area contributed by atoms with Gasteiger partial charge in [-0.05, 0) is 44.8 Å². The number of ether oxygens (including phenoxy) is 2. The first-order valence-corrected chi connectivity index (χ1v) is 7.33. The first kappa shape index (κ1) is 16.7. The van der Waals surface area contributed by atoms with Crippen molar-refractivity contribution in [2.75, 3.05) is 20.3 Å². The SMILES string of the molecule is CCC/C=C(C)/C=C(/C(=O)OC)C1=C(C)CCOCC1. The van der Waals surface area contributed by atoms with Crippen LogP contribution in [0.1, 0.15) is 46.5 Å². The van der Waals surface area contributed by atoms with Gasteiger partial charge in [-0.2, -0.15) is 0 Å². The molecule has 0 radical (unpaired) electrons. The molecule has 0 bridgehead atoms. The average molecular weight is 278 g/mol. The van der Waals surface area contributed by atoms with Crippen LogP contribution >= 0.6 is 0 Å². The van der Waals surface area contributed by atoms with E-state index >= 15 is 0 Å². The van der Waals surface area contributed by atoms with Crippen molar-refractivity contribution in [3.05, 3.63) is 34.4 Å². The van der Waals surface area contributed by atoms with Crippen molar-refractivity contribution in [1.29, 1.82) is 0 Å². The number of hydrogen-bond acceptors (Lipinski definition) is 3. The molecule has 20 heavy (non-hydrogen) atoms. The molecule has 0 spiro atoms. The zero-order chi connectivity index (χ0) is 15.0. The Balaban J connectivity index is 3.11. The highest BCUT2D eigenvalue weighted by molar-refractivity contribution is 5.94. The summed E-state index contributed by atoms with van der Waals surface area (Å²) in [5.41, 5.74) is 4.10. The fourth-order valence-corrected chi connectivity index (χ4v) is 2.27. The predicted molar refractivity (Wildman–Crippen MR) is 81.5 cm³/mol. The highest BCUT2D eigenvalue weighted by atomic mass is 16.5. The van der Waals surface area contributed by atoms with Gasteiger partial charge in [0.05, 0.1) is 25.9 Å². The van der Waals surface area contributed by atoms with Gasteiger partial charge in [-0.25, -0.2) is 4.79 Å². The molecular weight excluding hydrogens is 252 g/mol. The molecule has 3 nitrogen and oxygen atoms in total. The second-order valence-electron chi connectivity index (χ2n) is 5.16. The summed E-state index contributed by atoms with van der Waals surface area (Å²) >= 11 is 0. The number of esters is 1. The summed E-state index contributed by atoms with van der Waals surface area (Å²) < 4.78 is 10.4. The summed E-state index contributed by atoms with van der Waals surface area (Å²) in [7, 11) is 1.43. The molecule has 0 amide bonds. The summed E-state index contributed by atoms with van der Waals surface area (Å²) in [5.74, 6) is -0.259. The number of carbonyl (C=O) groups is 1. The van der Waals surface area contributed by atoms with E-state index < -0.39 is 0 Å². The van der Waals surface area contributed by atoms with Gasteiger partial charge in [-0.3, -0.25) is 0 Å². The molecular formula is C17H26O3. The van der Waals surface area contributed by atoms with Crippen LogP contribution in [-0.2, 0) is 14.3 Å². The third-order valence-corrected chi connectivity index (χ3v) is 3.49. The molecule has 0 aromatic rings. The fraction of sp³-hybridized carbons (Fsp3) is 0.588. The van der Waals surface area contributed by atoms with Gasteiger partial charge in [0.15, 0.2) is 0 Å². The Kier molecular flexibility index (Phi) is 7.31. The Morgan fingerprint density at radius 1 is 1.35 bits per heavy atom. The Morgan fingerprint density at radius 3 is 2.70 bits per heavy atom. The minimum Gasteiger partial charge on any atom is -0.465 e. The van der Waals surface area contributed by atoms with Gasteiger partial charge in [-0.15, -0.1) is 0 Å². The van der Waals surface area contributed by atoms with Crippen molar-refractivity contribution < 1.29 is 14.3 Å². The number of rotatable bonds is 5. The minimum absolute atomic E-state index is 0.259. The van der Waals surface area contributed by atoms with Crippen LogP contribution in [0.15, 0.2) is 34.4 Å². The van der Waals surface area contributed by atoms with Crippen LogP contribution < -0.4 is 0 Å². The Hall–Kier alpha value is -1.35. The van der Waals surface area contributed by atoms with Crippen molar-refractivity contribution in [1.82, 2.24) is 0 Å². The van der Waals surface area contributed by atoms with Gasteiger partial charge in [0.25, 0.3) is 0 Å². The van der Waals surface area contributed by atoms with Gasteiger partial charge < -0.3 is 9.47 Å². The average Bonchev–Trinajstić information content (AvgIpc) is 2.66. The van der Waals surface area contributed by atoms with Crippen LogP contribution in [0.5, 0.6) is 0 Å². The van der Waals surface area contributed by atoms with Gasteiger partial charge in [0.2, 0.25) is 0 Å². The van der Waals surface area contributed by atoms with Gasteiger partial charge in [0.1, 0.15) is 0 Å². The molecule has 0 aliphatic carbocycles. The summed E-state index contributed by atoms with van der Waals surface area (Å²) in [6.45, 7) is 7.64. The summed E-state index contributed by atoms with van der Waals surface area (Å²) in [6, 6.07) is 0. The lowest BCUT2D eigenvalue weighted by Crippen LogP contribution is -2.09. The summed E-state index contributed by atoms with van der Waals surface area (Å²) in [4.78, 5) is 12.1. The molecule has 1 heterocycles. The highest BCUT2D eigenvalue weighted by Gasteiger charge is 2.19. The molecule has 0 fully saturated rings. The quantitative estimate of drug-likeness (QED) is 0.434. The monoisotopic (exact) mass is 278 g/mol. The topological polar surface area (TPSA) is 35.5 Å². The molecule has 3 heteroatoms. The summed E-state index contributed by atoms with van der Waals surface area (Å²) in [5, 5.41) is 0. The minimum atomic E-state index is -0.259. The first-order chi connectivity index (χ1) is 9.60. The van der Waals surface area contributed by atoms with E-state index in [1.165, 1.54) is 12.7 Å². The second kappa shape index (κ2) is 8.75. The Bertz CT molecular complexity index is 428. The highest BCUT2D eigenvalue weighted by Crippen LogP contribution is 2.25. The molecule has 0 unspecified atom stereocenters. The lowest BCUT2D eigenvalue weighted by Gasteiger charge is -2.12. The summed E-state index contributed by atoms with van der Waals surface area (Å²) in [6.07, 6.45) is 7.89. The standard InChI is InChI=1S/C17H26O3/c1-5-6-7-13(2)12-16(17(18)19-4)15-9-11-20-10-8-14(15)3/h7,12H,5-6,8-11H2,1-4H3/b13-7+,16-12+. The van der Waals surface area contributed by atoms with Gasteiger partial charge >= 0.3 is 5.97 Å². The molecule has 0 saturated carbocycles. The molecule has 1 rings (SSSR count). The van der Waals surface area contributed by atoms with Crippen molar-refractivity contribution in [3.8, 4) is 0 Å². The van der Waals surface area contributed by atoms with Crippen LogP contribution in [0.2, 0.25) is 0 Å². The maximum atomic E-state index is 12.1. The Morgan fingerprint density at radius 2 is 2.05 bits per heavy atom. The lowest BCUT2D eigenvalue weighted by atomic mass is 9.95. The van der Waals surface area contributed by atoms with E-state index in [-0.39, 0.29) is 5.97 Å². The zero-order valence-corrected chi connectivity index (χ0v) is 13.1. The van der Waals surface area contributed by atoms with Crippen LogP contribution in [0.3, 0.4) is 0 Å². The van der Waals surface area contributed by atoms with Crippen molar-refractivity contribution in [3.63, 3.8) is 0 Å². The number of methoxy groups -OCH3 is 1. The van der Waals surface area contributed by atoms with E-state index in [0.717, 1.165) is 43.4 Å². The first-order valence-electron chi connectivity index (χ1n) is 7.33. The largest absolute Gasteiger partial charge is 0.465 e. The smallest absolute Gasteiger partial charge is 0.338 e. The van der Waals surface area contributed by atoms with E-state index in [1.807, 2.05) is 13.0 Å². The molecule has 0 aromatic carbocycles. The lowest BCUT2D eigenvalue weighted by molar-refractivity contribution is -0.135.